The maximum Gasteiger partial charge on any atom is 0.0850 e. The summed E-state index contributed by atoms with van der Waals surface area (Å²) < 4.78 is 0. The van der Waals surface area contributed by atoms with E-state index in [1.54, 1.807) is 24.3 Å². The number of hydrogen-bond donors (Lipinski definition) is 3. The molecule has 90 valence electrons. The van der Waals surface area contributed by atoms with Gasteiger partial charge in [-0.3, -0.25) is 0 Å². The van der Waals surface area contributed by atoms with Crippen molar-refractivity contribution in [1.82, 2.24) is 0 Å². The van der Waals surface area contributed by atoms with Gasteiger partial charge in [0, 0.05) is 22.5 Å². The van der Waals surface area contributed by atoms with Crippen LogP contribution in [0.25, 0.3) is 11.1 Å². The molecule has 4 N–H and O–H groups in total. The minimum absolute atomic E-state index is 0.474. The summed E-state index contributed by atoms with van der Waals surface area (Å²) in [6.07, 6.45) is 1.21. The molecule has 4 nitrogen and oxygen atoms in total. The van der Waals surface area contributed by atoms with Gasteiger partial charge in [0.05, 0.1) is 5.69 Å². The molecule has 0 unspecified atom stereocenters. The minimum atomic E-state index is 0.474. The molecule has 0 saturated carbocycles. The average Bonchev–Trinajstić information content (AvgIpc) is 2.38. The number of nitrogen functional groups attached to an aromatic ring is 1. The van der Waals surface area contributed by atoms with Crippen molar-refractivity contribution >= 4 is 29.2 Å². The third-order valence-electron chi connectivity index (χ3n) is 2.63. The van der Waals surface area contributed by atoms with Crippen LogP contribution >= 0.6 is 11.6 Å². The average molecular weight is 259 g/mol. The molecular weight excluding hydrogens is 248 g/mol. The number of nitrogens with one attached hydrogen (secondary N) is 2. The van der Waals surface area contributed by atoms with Gasteiger partial charge in [0.2, 0.25) is 0 Å². The lowest BCUT2D eigenvalue weighted by Gasteiger charge is -2.09. The van der Waals surface area contributed by atoms with Crippen molar-refractivity contribution < 1.29 is 0 Å². The normalized spacial score (nSPS) is 10.1. The van der Waals surface area contributed by atoms with Gasteiger partial charge in [0.1, 0.15) is 0 Å². The Labute approximate surface area is 109 Å². The van der Waals surface area contributed by atoms with E-state index in [1.165, 1.54) is 6.21 Å². The first-order valence-corrected chi connectivity index (χ1v) is 5.61. The van der Waals surface area contributed by atoms with Crippen LogP contribution in [-0.4, -0.2) is 6.21 Å². The second-order valence-corrected chi connectivity index (χ2v) is 4.20. The molecule has 0 aliphatic rings. The van der Waals surface area contributed by atoms with Gasteiger partial charge in [0.15, 0.2) is 0 Å². The van der Waals surface area contributed by atoms with E-state index in [4.69, 9.17) is 28.3 Å². The van der Waals surface area contributed by atoms with Crippen LogP contribution in [0.15, 0.2) is 41.5 Å². The van der Waals surface area contributed by atoms with Gasteiger partial charge in [-0.05, 0) is 35.4 Å². The topological polar surface area (TPSA) is 86.1 Å². The maximum absolute atomic E-state index is 7.43. The predicted octanol–water partition coefficient (Wildman–Crippen LogP) is 4.25. The summed E-state index contributed by atoms with van der Waals surface area (Å²) in [5.41, 5.74) is 16.1. The van der Waals surface area contributed by atoms with Crippen molar-refractivity contribution in [3.8, 4) is 11.1 Å². The summed E-state index contributed by atoms with van der Waals surface area (Å²) >= 11 is 5.98. The number of benzene rings is 2. The van der Waals surface area contributed by atoms with Crippen molar-refractivity contribution in [3.05, 3.63) is 47.0 Å². The molecular formula is C13H11ClN4. The lowest BCUT2D eigenvalue weighted by molar-refractivity contribution is 1.15. The number of nitrogens with zero attached hydrogens (tertiary/aromatic N) is 1. The fourth-order valence-corrected chi connectivity index (χ4v) is 1.98. The third kappa shape index (κ3) is 2.24. The third-order valence-corrected chi connectivity index (χ3v) is 2.85. The quantitative estimate of drug-likeness (QED) is 0.429. The Bertz CT molecular complexity index is 605. The molecule has 0 fully saturated rings. The van der Waals surface area contributed by atoms with Crippen molar-refractivity contribution in [2.45, 2.75) is 0 Å². The standard InChI is InChI=1S/C13H11ClN4/c14-9-5-11(12(7-15)13(16)6-9)8-1-3-10(18-17)4-2-8/h1-7,15,17H,16H2. The molecule has 18 heavy (non-hydrogen) atoms. The van der Waals surface area contributed by atoms with E-state index in [0.717, 1.165) is 11.1 Å². The molecule has 0 spiro atoms. The van der Waals surface area contributed by atoms with Crippen molar-refractivity contribution in [2.75, 3.05) is 5.73 Å². The maximum atomic E-state index is 7.43. The summed E-state index contributed by atoms with van der Waals surface area (Å²) in [7, 11) is 0. The predicted molar refractivity (Wildman–Crippen MR) is 74.0 cm³/mol. The molecule has 0 aliphatic carbocycles. The highest BCUT2D eigenvalue weighted by Crippen LogP contribution is 2.31. The summed E-state index contributed by atoms with van der Waals surface area (Å²) in [6.45, 7) is 0. The first-order valence-electron chi connectivity index (χ1n) is 5.23. The molecule has 0 aromatic heterocycles. The Kier molecular flexibility index (Phi) is 3.39. The highest BCUT2D eigenvalue weighted by molar-refractivity contribution is 6.31. The Morgan fingerprint density at radius 2 is 1.83 bits per heavy atom. The minimum Gasteiger partial charge on any atom is -0.398 e. The van der Waals surface area contributed by atoms with Crippen LogP contribution in [-0.2, 0) is 0 Å². The smallest absolute Gasteiger partial charge is 0.0850 e. The summed E-state index contributed by atoms with van der Waals surface area (Å²) in [5, 5.41) is 11.3. The van der Waals surface area contributed by atoms with E-state index < -0.39 is 0 Å². The van der Waals surface area contributed by atoms with Crippen molar-refractivity contribution in [2.24, 2.45) is 5.11 Å². The van der Waals surface area contributed by atoms with E-state index in [2.05, 4.69) is 5.11 Å². The van der Waals surface area contributed by atoms with Crippen LogP contribution in [0, 0.1) is 10.9 Å². The summed E-state index contributed by atoms with van der Waals surface area (Å²) in [6, 6.07) is 10.5. The first kappa shape index (κ1) is 12.3. The molecule has 0 saturated heterocycles. The fourth-order valence-electron chi connectivity index (χ4n) is 1.75. The van der Waals surface area contributed by atoms with Crippen LogP contribution in [0.5, 0.6) is 0 Å². The zero-order chi connectivity index (χ0) is 13.1. The monoisotopic (exact) mass is 258 g/mol. The highest BCUT2D eigenvalue weighted by Gasteiger charge is 2.08. The van der Waals surface area contributed by atoms with Gasteiger partial charge < -0.3 is 11.1 Å². The van der Waals surface area contributed by atoms with Crippen molar-refractivity contribution in [3.63, 3.8) is 0 Å². The lowest BCUT2D eigenvalue weighted by Crippen LogP contribution is -1.96. The SMILES string of the molecule is N=Cc1c(N)cc(Cl)cc1-c1ccc(N=N)cc1. The lowest BCUT2D eigenvalue weighted by atomic mass is 9.98. The van der Waals surface area contributed by atoms with Crippen LogP contribution < -0.4 is 5.73 Å². The Morgan fingerprint density at radius 1 is 1.17 bits per heavy atom. The first-order chi connectivity index (χ1) is 8.65. The molecule has 2 rings (SSSR count). The van der Waals surface area contributed by atoms with E-state index in [9.17, 15) is 0 Å². The van der Waals surface area contributed by atoms with E-state index in [1.807, 2.05) is 12.1 Å². The van der Waals surface area contributed by atoms with E-state index in [0.29, 0.717) is 22.0 Å². The highest BCUT2D eigenvalue weighted by atomic mass is 35.5. The molecule has 2 aromatic rings. The van der Waals surface area contributed by atoms with E-state index >= 15 is 0 Å². The zero-order valence-corrected chi connectivity index (χ0v) is 10.2. The zero-order valence-electron chi connectivity index (χ0n) is 9.44. The van der Waals surface area contributed by atoms with Crippen LogP contribution in [0.1, 0.15) is 5.56 Å². The second-order valence-electron chi connectivity index (χ2n) is 3.76. The number of rotatable bonds is 3. The Hall–Kier alpha value is -2.20. The largest absolute Gasteiger partial charge is 0.398 e. The van der Waals surface area contributed by atoms with Gasteiger partial charge in [0.25, 0.3) is 0 Å². The Balaban J connectivity index is 2.61. The van der Waals surface area contributed by atoms with Gasteiger partial charge in [-0.25, -0.2) is 5.53 Å². The van der Waals surface area contributed by atoms with E-state index in [-0.39, 0.29) is 0 Å². The van der Waals surface area contributed by atoms with Gasteiger partial charge in [-0.1, -0.05) is 23.7 Å². The number of halogens is 1. The van der Waals surface area contributed by atoms with Gasteiger partial charge in [-0.15, -0.1) is 0 Å². The summed E-state index contributed by atoms with van der Waals surface area (Å²) in [4.78, 5) is 0. The van der Waals surface area contributed by atoms with Crippen LogP contribution in [0.3, 0.4) is 0 Å². The number of nitrogens with two attached hydrogens (primary N) is 1. The molecule has 0 aliphatic heterocycles. The molecule has 0 atom stereocenters. The number of anilines is 1. The molecule has 2 aromatic carbocycles. The van der Waals surface area contributed by atoms with Crippen LogP contribution in [0.2, 0.25) is 5.02 Å². The number of hydrogen-bond acceptors (Lipinski definition) is 4. The molecule has 5 heteroatoms. The summed E-state index contributed by atoms with van der Waals surface area (Å²) in [5.74, 6) is 0. The molecule has 0 radical (unpaired) electrons. The molecule has 0 amide bonds. The molecule has 0 heterocycles. The van der Waals surface area contributed by atoms with Gasteiger partial charge in [-0.2, -0.15) is 5.11 Å². The fraction of sp³-hybridized carbons (Fsp3) is 0. The van der Waals surface area contributed by atoms with Crippen LogP contribution in [0.4, 0.5) is 11.4 Å². The van der Waals surface area contributed by atoms with Crippen molar-refractivity contribution in [1.29, 1.82) is 10.9 Å². The molecule has 0 bridgehead atoms. The van der Waals surface area contributed by atoms with Gasteiger partial charge >= 0.3 is 0 Å². The Morgan fingerprint density at radius 3 is 2.39 bits per heavy atom. The second kappa shape index (κ2) is 4.98.